The molecule has 0 unspecified atom stereocenters. The molecule has 22 heavy (non-hydrogen) atoms. The first-order chi connectivity index (χ1) is 10.5. The fraction of sp³-hybridized carbons (Fsp3) is 0.556. The Kier molecular flexibility index (Phi) is 5.58. The van der Waals surface area contributed by atoms with Crippen molar-refractivity contribution in [1.82, 2.24) is 10.2 Å². The third-order valence-electron chi connectivity index (χ3n) is 4.49. The van der Waals surface area contributed by atoms with E-state index in [0.717, 1.165) is 12.8 Å². The number of carbonyl (C=O) groups excluding carboxylic acids is 2. The van der Waals surface area contributed by atoms with Crippen LogP contribution >= 0.6 is 0 Å². The maximum atomic E-state index is 12.4. The number of nitrogens with zero attached hydrogens (tertiary/aromatic N) is 1. The molecule has 4 heteroatoms. The zero-order chi connectivity index (χ0) is 16.1. The number of benzene rings is 1. The van der Waals surface area contributed by atoms with Gasteiger partial charge in [0.2, 0.25) is 11.8 Å². The highest BCUT2D eigenvalue weighted by Crippen LogP contribution is 2.24. The molecule has 2 atom stereocenters. The summed E-state index contributed by atoms with van der Waals surface area (Å²) in [5.74, 6) is 0.697. The molecule has 1 saturated heterocycles. The van der Waals surface area contributed by atoms with E-state index in [2.05, 4.69) is 31.3 Å². The van der Waals surface area contributed by atoms with Crippen molar-refractivity contribution in [3.63, 3.8) is 0 Å². The van der Waals surface area contributed by atoms with Gasteiger partial charge < -0.3 is 10.2 Å². The molecular weight excluding hydrogens is 276 g/mol. The predicted octanol–water partition coefficient (Wildman–Crippen LogP) is 2.55. The average molecular weight is 302 g/mol. The molecule has 0 aliphatic carbocycles. The summed E-state index contributed by atoms with van der Waals surface area (Å²) in [5.41, 5.74) is 1.24. The summed E-state index contributed by atoms with van der Waals surface area (Å²) >= 11 is 0. The summed E-state index contributed by atoms with van der Waals surface area (Å²) in [6.07, 6.45) is 1.67. The second kappa shape index (κ2) is 7.43. The molecule has 0 aromatic heterocycles. The van der Waals surface area contributed by atoms with Crippen LogP contribution in [0.3, 0.4) is 0 Å². The second-order valence-corrected chi connectivity index (χ2v) is 6.38. The van der Waals surface area contributed by atoms with Crippen LogP contribution in [0.5, 0.6) is 0 Å². The molecule has 2 amide bonds. The molecule has 1 heterocycles. The molecule has 1 N–H and O–H groups in total. The number of carbonyl (C=O) groups is 2. The Balaban J connectivity index is 1.98. The third kappa shape index (κ3) is 3.87. The van der Waals surface area contributed by atoms with Crippen molar-refractivity contribution in [2.45, 2.75) is 45.6 Å². The van der Waals surface area contributed by atoms with Gasteiger partial charge in [-0.05, 0) is 24.3 Å². The van der Waals surface area contributed by atoms with Gasteiger partial charge in [0.15, 0.2) is 0 Å². The Morgan fingerprint density at radius 2 is 1.95 bits per heavy atom. The fourth-order valence-corrected chi connectivity index (χ4v) is 3.18. The van der Waals surface area contributed by atoms with Gasteiger partial charge in [0.1, 0.15) is 6.04 Å². The number of rotatable bonds is 5. The van der Waals surface area contributed by atoms with E-state index < -0.39 is 0 Å². The van der Waals surface area contributed by atoms with E-state index in [4.69, 9.17) is 0 Å². The van der Waals surface area contributed by atoms with E-state index in [1.807, 2.05) is 18.2 Å². The molecule has 0 bridgehead atoms. The van der Waals surface area contributed by atoms with Crippen molar-refractivity contribution in [2.75, 3.05) is 13.1 Å². The monoisotopic (exact) mass is 302 g/mol. The van der Waals surface area contributed by atoms with Gasteiger partial charge in [-0.25, -0.2) is 0 Å². The maximum Gasteiger partial charge on any atom is 0.242 e. The normalized spacial score (nSPS) is 19.3. The Morgan fingerprint density at radius 3 is 2.55 bits per heavy atom. The summed E-state index contributed by atoms with van der Waals surface area (Å²) in [6, 6.07) is 9.98. The highest BCUT2D eigenvalue weighted by atomic mass is 16.2. The Morgan fingerprint density at radius 1 is 1.27 bits per heavy atom. The van der Waals surface area contributed by atoms with Crippen molar-refractivity contribution in [3.05, 3.63) is 35.9 Å². The number of likely N-dealkylation sites (tertiary alicyclic amines) is 1. The largest absolute Gasteiger partial charge is 0.354 e. The zero-order valence-electron chi connectivity index (χ0n) is 13.7. The standard InChI is InChI=1S/C18H26N2O2/c1-13(2)16(15-8-5-4-6-9-15)12-19-18(22)17-10-7-11-20(17)14(3)21/h4-6,8-9,13,16-17H,7,10-12H2,1-3H3,(H,19,22)/t16-,17-/m0/s1. The van der Waals surface area contributed by atoms with Crippen molar-refractivity contribution in [1.29, 1.82) is 0 Å². The van der Waals surface area contributed by atoms with Gasteiger partial charge in [0.05, 0.1) is 0 Å². The van der Waals surface area contributed by atoms with Crippen molar-refractivity contribution < 1.29 is 9.59 Å². The maximum absolute atomic E-state index is 12.4. The van der Waals surface area contributed by atoms with Crippen LogP contribution in [0.2, 0.25) is 0 Å². The van der Waals surface area contributed by atoms with Crippen LogP contribution in [-0.2, 0) is 9.59 Å². The van der Waals surface area contributed by atoms with Crippen molar-refractivity contribution in [2.24, 2.45) is 5.92 Å². The Hall–Kier alpha value is -1.84. The van der Waals surface area contributed by atoms with E-state index in [1.165, 1.54) is 12.5 Å². The quantitative estimate of drug-likeness (QED) is 0.908. The van der Waals surface area contributed by atoms with Crippen LogP contribution in [0.1, 0.15) is 45.1 Å². The average Bonchev–Trinajstić information content (AvgIpc) is 2.97. The van der Waals surface area contributed by atoms with E-state index in [-0.39, 0.29) is 23.8 Å². The van der Waals surface area contributed by atoms with Gasteiger partial charge in [-0.2, -0.15) is 0 Å². The third-order valence-corrected chi connectivity index (χ3v) is 4.49. The molecule has 1 fully saturated rings. The number of nitrogens with one attached hydrogen (secondary N) is 1. The van der Waals surface area contributed by atoms with E-state index in [9.17, 15) is 9.59 Å². The first-order valence-corrected chi connectivity index (χ1v) is 8.10. The van der Waals surface area contributed by atoms with Crippen LogP contribution in [0.25, 0.3) is 0 Å². The molecular formula is C18H26N2O2. The van der Waals surface area contributed by atoms with Crippen LogP contribution in [0.15, 0.2) is 30.3 Å². The summed E-state index contributed by atoms with van der Waals surface area (Å²) in [5, 5.41) is 3.06. The van der Waals surface area contributed by atoms with E-state index >= 15 is 0 Å². The van der Waals surface area contributed by atoms with Crippen molar-refractivity contribution >= 4 is 11.8 Å². The summed E-state index contributed by atoms with van der Waals surface area (Å²) in [4.78, 5) is 25.7. The zero-order valence-corrected chi connectivity index (χ0v) is 13.7. The first kappa shape index (κ1) is 16.5. The molecule has 0 saturated carbocycles. The lowest BCUT2D eigenvalue weighted by molar-refractivity contribution is -0.136. The Labute approximate surface area is 132 Å². The highest BCUT2D eigenvalue weighted by Gasteiger charge is 2.32. The van der Waals surface area contributed by atoms with Gasteiger partial charge in [0.25, 0.3) is 0 Å². The first-order valence-electron chi connectivity index (χ1n) is 8.10. The molecule has 4 nitrogen and oxygen atoms in total. The predicted molar refractivity (Wildman–Crippen MR) is 87.4 cm³/mol. The Bertz CT molecular complexity index is 513. The molecule has 1 aromatic rings. The smallest absolute Gasteiger partial charge is 0.242 e. The number of amides is 2. The van der Waals surface area contributed by atoms with Gasteiger partial charge in [-0.3, -0.25) is 9.59 Å². The summed E-state index contributed by atoms with van der Waals surface area (Å²) in [7, 11) is 0. The minimum Gasteiger partial charge on any atom is -0.354 e. The SMILES string of the molecule is CC(=O)N1CCC[C@H]1C(=O)NC[C@H](c1ccccc1)C(C)C. The van der Waals surface area contributed by atoms with Gasteiger partial charge >= 0.3 is 0 Å². The summed E-state index contributed by atoms with van der Waals surface area (Å²) in [6.45, 7) is 7.18. The van der Waals surface area contributed by atoms with Gasteiger partial charge in [0, 0.05) is 25.9 Å². The molecule has 2 rings (SSSR count). The molecule has 0 spiro atoms. The number of hydrogen-bond acceptors (Lipinski definition) is 2. The molecule has 0 radical (unpaired) electrons. The lowest BCUT2D eigenvalue weighted by atomic mass is 9.88. The van der Waals surface area contributed by atoms with Crippen LogP contribution in [-0.4, -0.2) is 35.8 Å². The minimum absolute atomic E-state index is 0.0129. The van der Waals surface area contributed by atoms with Crippen LogP contribution < -0.4 is 5.32 Å². The molecule has 1 aliphatic heterocycles. The molecule has 120 valence electrons. The summed E-state index contributed by atoms with van der Waals surface area (Å²) < 4.78 is 0. The van der Waals surface area contributed by atoms with Gasteiger partial charge in [-0.1, -0.05) is 44.2 Å². The van der Waals surface area contributed by atoms with E-state index in [1.54, 1.807) is 4.90 Å². The molecule has 1 aromatic carbocycles. The fourth-order valence-electron chi connectivity index (χ4n) is 3.18. The van der Waals surface area contributed by atoms with Crippen molar-refractivity contribution in [3.8, 4) is 0 Å². The van der Waals surface area contributed by atoms with Crippen LogP contribution in [0, 0.1) is 5.92 Å². The molecule has 1 aliphatic rings. The lowest BCUT2D eigenvalue weighted by Gasteiger charge is -2.26. The second-order valence-electron chi connectivity index (χ2n) is 6.38. The lowest BCUT2D eigenvalue weighted by Crippen LogP contribution is -2.46. The minimum atomic E-state index is -0.291. The topological polar surface area (TPSA) is 49.4 Å². The van der Waals surface area contributed by atoms with Crippen LogP contribution in [0.4, 0.5) is 0 Å². The highest BCUT2D eigenvalue weighted by molar-refractivity contribution is 5.87. The number of hydrogen-bond donors (Lipinski definition) is 1. The van der Waals surface area contributed by atoms with Gasteiger partial charge in [-0.15, -0.1) is 0 Å². The van der Waals surface area contributed by atoms with E-state index in [0.29, 0.717) is 19.0 Å².